The molecule has 1 aliphatic rings. The maximum absolute atomic E-state index is 11.5. The van der Waals surface area contributed by atoms with E-state index in [0.717, 1.165) is 6.42 Å². The molecule has 2 atom stereocenters. The largest absolute Gasteiger partial charge is 0.378 e. The quantitative estimate of drug-likeness (QED) is 0.650. The average Bonchev–Trinajstić information content (AvgIpc) is 2.74. The molecule has 2 unspecified atom stereocenters. The fourth-order valence-corrected chi connectivity index (χ4v) is 1.49. The first-order chi connectivity index (χ1) is 7.13. The van der Waals surface area contributed by atoms with Crippen LogP contribution in [0.2, 0.25) is 0 Å². The minimum atomic E-state index is -0.343. The summed E-state index contributed by atoms with van der Waals surface area (Å²) in [7, 11) is 1.65. The predicted octanol–water partition coefficient (Wildman–Crippen LogP) is -0.497. The number of carbonyl (C=O) groups is 1. The van der Waals surface area contributed by atoms with Gasteiger partial charge < -0.3 is 20.5 Å². The second-order valence-corrected chi connectivity index (χ2v) is 4.04. The van der Waals surface area contributed by atoms with Crippen molar-refractivity contribution in [2.45, 2.75) is 18.9 Å². The van der Waals surface area contributed by atoms with E-state index >= 15 is 0 Å². The van der Waals surface area contributed by atoms with Crippen molar-refractivity contribution in [3.05, 3.63) is 0 Å². The number of nitrogens with two attached hydrogens (primary N) is 1. The molecule has 0 spiro atoms. The van der Waals surface area contributed by atoms with Gasteiger partial charge >= 0.3 is 0 Å². The molecule has 88 valence electrons. The minimum Gasteiger partial charge on any atom is -0.378 e. The van der Waals surface area contributed by atoms with Gasteiger partial charge in [0.05, 0.1) is 6.61 Å². The summed E-state index contributed by atoms with van der Waals surface area (Å²) in [6.07, 6.45) is 0.820. The summed E-state index contributed by atoms with van der Waals surface area (Å²) in [5.74, 6) is -0.179. The molecule has 3 N–H and O–H groups in total. The molecule has 1 saturated heterocycles. The molecule has 15 heavy (non-hydrogen) atoms. The van der Waals surface area contributed by atoms with Crippen molar-refractivity contribution in [2.75, 3.05) is 33.4 Å². The van der Waals surface area contributed by atoms with Gasteiger partial charge in [-0.05, 0) is 0 Å². The Balaban J connectivity index is 2.37. The number of ether oxygens (including phenoxy) is 2. The molecule has 1 fully saturated rings. The minimum absolute atomic E-state index is 0.0270. The predicted molar refractivity (Wildman–Crippen MR) is 56.4 cm³/mol. The highest BCUT2D eigenvalue weighted by Gasteiger charge is 2.35. The van der Waals surface area contributed by atoms with Gasteiger partial charge in [0.15, 0.2) is 0 Å². The molecule has 1 aliphatic heterocycles. The molecule has 5 nitrogen and oxygen atoms in total. The van der Waals surface area contributed by atoms with Crippen molar-refractivity contribution < 1.29 is 14.3 Å². The molecule has 0 aromatic carbocycles. The van der Waals surface area contributed by atoms with E-state index in [1.807, 2.05) is 0 Å². The number of hydrogen-bond acceptors (Lipinski definition) is 4. The monoisotopic (exact) mass is 216 g/mol. The Kier molecular flexibility index (Phi) is 4.50. The Labute approximate surface area is 90.3 Å². The van der Waals surface area contributed by atoms with Crippen LogP contribution in [0.5, 0.6) is 0 Å². The molecular weight excluding hydrogens is 196 g/mol. The Morgan fingerprint density at radius 1 is 1.73 bits per heavy atom. The zero-order chi connectivity index (χ0) is 11.3. The third kappa shape index (κ3) is 3.15. The lowest BCUT2D eigenvalue weighted by Gasteiger charge is -2.26. The van der Waals surface area contributed by atoms with Crippen LogP contribution in [0, 0.1) is 5.92 Å². The maximum Gasteiger partial charge on any atom is 0.224 e. The van der Waals surface area contributed by atoms with E-state index in [9.17, 15) is 4.79 Å². The van der Waals surface area contributed by atoms with Crippen LogP contribution >= 0.6 is 0 Å². The zero-order valence-electron chi connectivity index (χ0n) is 9.41. The lowest BCUT2D eigenvalue weighted by molar-refractivity contribution is -0.125. The molecule has 0 aromatic rings. The topological polar surface area (TPSA) is 73.6 Å². The fraction of sp³-hybridized carbons (Fsp3) is 0.900. The molecule has 0 aromatic heterocycles. The van der Waals surface area contributed by atoms with E-state index in [2.05, 4.69) is 5.32 Å². The van der Waals surface area contributed by atoms with E-state index in [4.69, 9.17) is 15.2 Å². The summed E-state index contributed by atoms with van der Waals surface area (Å²) < 4.78 is 10.7. The number of methoxy groups -OCH3 is 1. The smallest absolute Gasteiger partial charge is 0.224 e. The number of amides is 1. The zero-order valence-corrected chi connectivity index (χ0v) is 9.41. The van der Waals surface area contributed by atoms with Crippen molar-refractivity contribution >= 4 is 5.91 Å². The molecule has 1 heterocycles. The molecule has 0 radical (unpaired) electrons. The van der Waals surface area contributed by atoms with E-state index in [-0.39, 0.29) is 17.4 Å². The highest BCUT2D eigenvalue weighted by molar-refractivity contribution is 5.78. The van der Waals surface area contributed by atoms with Gasteiger partial charge in [-0.1, -0.05) is 6.92 Å². The van der Waals surface area contributed by atoms with Crippen LogP contribution in [0.25, 0.3) is 0 Å². The number of hydrogen-bond donors (Lipinski definition) is 2. The van der Waals surface area contributed by atoms with Gasteiger partial charge in [-0.2, -0.15) is 0 Å². The summed E-state index contributed by atoms with van der Waals surface area (Å²) in [5, 5.41) is 2.84. The fourth-order valence-electron chi connectivity index (χ4n) is 1.49. The Morgan fingerprint density at radius 2 is 2.47 bits per heavy atom. The third-order valence-corrected chi connectivity index (χ3v) is 2.89. The van der Waals surface area contributed by atoms with E-state index < -0.39 is 0 Å². The second-order valence-electron chi connectivity index (χ2n) is 4.04. The Hall–Kier alpha value is -0.650. The van der Waals surface area contributed by atoms with Crippen LogP contribution in [0.1, 0.15) is 13.3 Å². The molecular formula is C10H20N2O3. The van der Waals surface area contributed by atoms with Gasteiger partial charge in [-0.15, -0.1) is 0 Å². The summed E-state index contributed by atoms with van der Waals surface area (Å²) in [6, 6.07) is 0. The first-order valence-electron chi connectivity index (χ1n) is 5.24. The number of carbonyl (C=O) groups excluding carboxylic acids is 1. The summed E-state index contributed by atoms with van der Waals surface area (Å²) in [5.41, 5.74) is 5.06. The van der Waals surface area contributed by atoms with Crippen molar-refractivity contribution in [1.29, 1.82) is 0 Å². The normalized spacial score (nSPS) is 27.7. The summed E-state index contributed by atoms with van der Waals surface area (Å²) in [4.78, 5) is 11.5. The molecule has 1 amide bonds. The number of nitrogens with one attached hydrogen (secondary N) is 1. The lowest BCUT2D eigenvalue weighted by Crippen LogP contribution is -2.47. The number of rotatable bonds is 5. The van der Waals surface area contributed by atoms with Crippen molar-refractivity contribution in [1.82, 2.24) is 5.32 Å². The summed E-state index contributed by atoms with van der Waals surface area (Å²) >= 11 is 0. The molecule has 5 heteroatoms. The first-order valence-corrected chi connectivity index (χ1v) is 5.24. The Bertz CT molecular complexity index is 215. The molecule has 0 saturated carbocycles. The molecule has 1 rings (SSSR count). The average molecular weight is 216 g/mol. The highest BCUT2D eigenvalue weighted by atomic mass is 16.5. The van der Waals surface area contributed by atoms with Crippen molar-refractivity contribution in [3.8, 4) is 0 Å². The van der Waals surface area contributed by atoms with Gasteiger partial charge in [0, 0.05) is 39.1 Å². The maximum atomic E-state index is 11.5. The lowest BCUT2D eigenvalue weighted by atomic mass is 10.0. The highest BCUT2D eigenvalue weighted by Crippen LogP contribution is 2.21. The SMILES string of the molecule is COC1(CNC(=O)C(C)CN)CCOC1. The van der Waals surface area contributed by atoms with Gasteiger partial charge in [0.1, 0.15) is 5.60 Å². The van der Waals surface area contributed by atoms with Gasteiger partial charge in [0.25, 0.3) is 0 Å². The van der Waals surface area contributed by atoms with E-state index in [0.29, 0.717) is 26.3 Å². The van der Waals surface area contributed by atoms with Crippen LogP contribution in [0.3, 0.4) is 0 Å². The first kappa shape index (κ1) is 12.4. The van der Waals surface area contributed by atoms with Crippen LogP contribution in [-0.4, -0.2) is 44.9 Å². The van der Waals surface area contributed by atoms with Gasteiger partial charge in [-0.25, -0.2) is 0 Å². The van der Waals surface area contributed by atoms with Crippen LogP contribution in [-0.2, 0) is 14.3 Å². The van der Waals surface area contributed by atoms with Crippen LogP contribution in [0.15, 0.2) is 0 Å². The Morgan fingerprint density at radius 3 is 2.93 bits per heavy atom. The molecule has 0 bridgehead atoms. The van der Waals surface area contributed by atoms with Crippen molar-refractivity contribution in [2.24, 2.45) is 11.7 Å². The van der Waals surface area contributed by atoms with E-state index in [1.54, 1.807) is 14.0 Å². The van der Waals surface area contributed by atoms with Gasteiger partial charge in [0.2, 0.25) is 5.91 Å². The summed E-state index contributed by atoms with van der Waals surface area (Å²) in [6.45, 7) is 3.89. The van der Waals surface area contributed by atoms with Crippen LogP contribution in [0.4, 0.5) is 0 Å². The van der Waals surface area contributed by atoms with Gasteiger partial charge in [-0.3, -0.25) is 4.79 Å². The molecule has 0 aliphatic carbocycles. The second kappa shape index (κ2) is 5.44. The van der Waals surface area contributed by atoms with Crippen molar-refractivity contribution in [3.63, 3.8) is 0 Å². The third-order valence-electron chi connectivity index (χ3n) is 2.89. The van der Waals surface area contributed by atoms with E-state index in [1.165, 1.54) is 0 Å². The van der Waals surface area contributed by atoms with Crippen LogP contribution < -0.4 is 11.1 Å². The standard InChI is InChI=1S/C10H20N2O3/c1-8(5-11)9(13)12-6-10(14-2)3-4-15-7-10/h8H,3-7,11H2,1-2H3,(H,12,13).